The average Bonchev–Trinajstić information content (AvgIpc) is 2.44. The molecule has 3 nitrogen and oxygen atoms in total. The Bertz CT molecular complexity index is 813. The third-order valence-corrected chi connectivity index (χ3v) is 3.52. The molecule has 0 aromatic rings. The minimum absolute atomic E-state index is 0.0310. The van der Waals surface area contributed by atoms with Crippen molar-refractivity contribution in [2.24, 2.45) is 0 Å². The van der Waals surface area contributed by atoms with E-state index in [0.29, 0.717) is 16.7 Å². The molecule has 3 heteroatoms. The van der Waals surface area contributed by atoms with E-state index in [1.165, 1.54) is 0 Å². The van der Waals surface area contributed by atoms with E-state index in [1.54, 1.807) is 13.0 Å². The van der Waals surface area contributed by atoms with Gasteiger partial charge in [-0.3, -0.25) is 4.79 Å². The first-order valence-corrected chi connectivity index (χ1v) is 6.74. The molecule has 1 aliphatic heterocycles. The number of aromatic nitrogens is 1. The summed E-state index contributed by atoms with van der Waals surface area (Å²) in [5.74, 6) is 0.582. The number of nitrogens with zero attached hydrogens (tertiary/aromatic N) is 1. The molecule has 0 aromatic carbocycles. The second kappa shape index (κ2) is 5.45. The van der Waals surface area contributed by atoms with Crippen LogP contribution in [0.15, 0.2) is 21.9 Å². The zero-order valence-electron chi connectivity index (χ0n) is 12.4. The topological polar surface area (TPSA) is 43.1 Å². The highest BCUT2D eigenvalue weighted by Gasteiger charge is 2.18. The van der Waals surface area contributed by atoms with Crippen molar-refractivity contribution in [3.05, 3.63) is 50.3 Å². The van der Waals surface area contributed by atoms with Crippen LogP contribution in [0.3, 0.4) is 0 Å². The molecule has 1 aliphatic carbocycles. The standard InChI is InChI=1S/C17H19NO2/c1-6-8-13-14(9-7-2)20-17-12(5)16(19)11(4)10(3)15(17)18-13/h6,8-9H,1,7H2,2-5H3/b13-8+,14-9+. The van der Waals surface area contributed by atoms with Crippen LogP contribution in [0.25, 0.3) is 23.6 Å². The lowest BCUT2D eigenvalue weighted by Gasteiger charge is -2.12. The second-order valence-electron chi connectivity index (χ2n) is 4.86. The highest BCUT2D eigenvalue weighted by molar-refractivity contribution is 5.64. The fourth-order valence-corrected chi connectivity index (χ4v) is 2.24. The van der Waals surface area contributed by atoms with Crippen LogP contribution in [0.2, 0.25) is 0 Å². The molecule has 2 rings (SSSR count). The average molecular weight is 269 g/mol. The van der Waals surface area contributed by atoms with Gasteiger partial charge in [-0.1, -0.05) is 19.6 Å². The van der Waals surface area contributed by atoms with Crippen LogP contribution in [-0.4, -0.2) is 4.98 Å². The van der Waals surface area contributed by atoms with Crippen molar-refractivity contribution in [1.82, 2.24) is 4.98 Å². The number of hydrogen-bond donors (Lipinski definition) is 0. The van der Waals surface area contributed by atoms with E-state index in [-0.39, 0.29) is 5.43 Å². The van der Waals surface area contributed by atoms with E-state index >= 15 is 0 Å². The molecule has 1 heterocycles. The van der Waals surface area contributed by atoms with E-state index in [1.807, 2.05) is 32.9 Å². The van der Waals surface area contributed by atoms with Gasteiger partial charge in [0.1, 0.15) is 16.5 Å². The van der Waals surface area contributed by atoms with E-state index in [9.17, 15) is 4.79 Å². The molecule has 0 N–H and O–H groups in total. The molecule has 0 saturated heterocycles. The van der Waals surface area contributed by atoms with Gasteiger partial charge < -0.3 is 4.42 Å². The van der Waals surface area contributed by atoms with E-state index < -0.39 is 0 Å². The molecule has 0 amide bonds. The number of allylic oxidation sites excluding steroid dienone is 1. The molecule has 0 radical (unpaired) electrons. The first-order valence-electron chi connectivity index (χ1n) is 6.74. The van der Waals surface area contributed by atoms with Gasteiger partial charge in [0.2, 0.25) is 0 Å². The molecule has 0 spiro atoms. The smallest absolute Gasteiger partial charge is 0.188 e. The number of fused-ring (bicyclic) bond motifs is 1. The summed E-state index contributed by atoms with van der Waals surface area (Å²) in [5.41, 5.74) is 3.69. The predicted molar refractivity (Wildman–Crippen MR) is 82.3 cm³/mol. The summed E-state index contributed by atoms with van der Waals surface area (Å²) in [6.07, 6.45) is 6.30. The molecule has 0 saturated carbocycles. The van der Waals surface area contributed by atoms with Crippen LogP contribution in [-0.2, 0) is 0 Å². The molecule has 2 aliphatic rings. The van der Waals surface area contributed by atoms with Crippen molar-refractivity contribution >= 4 is 12.2 Å². The Morgan fingerprint density at radius 1 is 1.20 bits per heavy atom. The Hall–Kier alpha value is -2.16. The van der Waals surface area contributed by atoms with E-state index in [4.69, 9.17) is 4.42 Å². The molecular weight excluding hydrogens is 250 g/mol. The van der Waals surface area contributed by atoms with Gasteiger partial charge in [0.05, 0.1) is 0 Å². The van der Waals surface area contributed by atoms with Gasteiger partial charge in [0.25, 0.3) is 0 Å². The molecular formula is C17H19NO2. The van der Waals surface area contributed by atoms with Gasteiger partial charge in [-0.2, -0.15) is 0 Å². The molecule has 0 aromatic heterocycles. The second-order valence-corrected chi connectivity index (χ2v) is 4.86. The van der Waals surface area contributed by atoms with Crippen LogP contribution in [0.4, 0.5) is 0 Å². The quantitative estimate of drug-likeness (QED) is 0.839. The van der Waals surface area contributed by atoms with Crippen LogP contribution in [0.5, 0.6) is 0 Å². The first kappa shape index (κ1) is 14.3. The largest absolute Gasteiger partial charge is 0.453 e. The fourth-order valence-electron chi connectivity index (χ4n) is 2.24. The third-order valence-electron chi connectivity index (χ3n) is 3.52. The molecule has 0 bridgehead atoms. The summed E-state index contributed by atoms with van der Waals surface area (Å²) >= 11 is 0. The van der Waals surface area contributed by atoms with Crippen molar-refractivity contribution in [3.8, 4) is 11.5 Å². The summed E-state index contributed by atoms with van der Waals surface area (Å²) in [7, 11) is 0. The van der Waals surface area contributed by atoms with Crippen LogP contribution >= 0.6 is 0 Å². The Morgan fingerprint density at radius 2 is 1.90 bits per heavy atom. The normalized spacial score (nSPS) is 13.2. The van der Waals surface area contributed by atoms with Crippen LogP contribution in [0, 0.1) is 20.8 Å². The maximum Gasteiger partial charge on any atom is 0.188 e. The summed E-state index contributed by atoms with van der Waals surface area (Å²) in [5, 5.41) is 0.745. The van der Waals surface area contributed by atoms with Gasteiger partial charge in [0, 0.05) is 11.1 Å². The van der Waals surface area contributed by atoms with Gasteiger partial charge in [-0.15, -0.1) is 0 Å². The van der Waals surface area contributed by atoms with Crippen molar-refractivity contribution in [2.75, 3.05) is 0 Å². The Kier molecular flexibility index (Phi) is 3.89. The van der Waals surface area contributed by atoms with Crippen LogP contribution < -0.4 is 16.2 Å². The maximum absolute atomic E-state index is 12.2. The molecule has 0 fully saturated rings. The third kappa shape index (κ3) is 2.20. The monoisotopic (exact) mass is 269 g/mol. The zero-order chi connectivity index (χ0) is 14.9. The fraction of sp³-hybridized carbons (Fsp3) is 0.294. The van der Waals surface area contributed by atoms with E-state index in [0.717, 1.165) is 28.6 Å². The van der Waals surface area contributed by atoms with Crippen LogP contribution in [0.1, 0.15) is 30.0 Å². The molecule has 0 unspecified atom stereocenters. The first-order chi connectivity index (χ1) is 9.51. The summed E-state index contributed by atoms with van der Waals surface area (Å²) in [6, 6.07) is 0. The van der Waals surface area contributed by atoms with Gasteiger partial charge in [0.15, 0.2) is 11.2 Å². The van der Waals surface area contributed by atoms with Crippen molar-refractivity contribution in [2.45, 2.75) is 34.1 Å². The summed E-state index contributed by atoms with van der Waals surface area (Å²) < 4.78 is 5.94. The lowest BCUT2D eigenvalue weighted by molar-refractivity contribution is 0.508. The highest BCUT2D eigenvalue weighted by atomic mass is 16.3. The Morgan fingerprint density at radius 3 is 2.50 bits per heavy atom. The molecule has 104 valence electrons. The zero-order valence-corrected chi connectivity index (χ0v) is 12.4. The maximum atomic E-state index is 12.2. The van der Waals surface area contributed by atoms with Gasteiger partial charge in [-0.25, -0.2) is 4.98 Å². The van der Waals surface area contributed by atoms with Crippen molar-refractivity contribution in [3.63, 3.8) is 0 Å². The summed E-state index contributed by atoms with van der Waals surface area (Å²) in [4.78, 5) is 16.8. The number of rotatable bonds is 2. The van der Waals surface area contributed by atoms with Crippen molar-refractivity contribution < 1.29 is 4.42 Å². The minimum Gasteiger partial charge on any atom is -0.453 e. The molecule has 20 heavy (non-hydrogen) atoms. The molecule has 0 atom stereocenters. The van der Waals surface area contributed by atoms with Crippen molar-refractivity contribution in [1.29, 1.82) is 0 Å². The lowest BCUT2D eigenvalue weighted by atomic mass is 9.99. The number of hydrogen-bond acceptors (Lipinski definition) is 3. The SMILES string of the molecule is C=C/C=c1/nc2c(C)c(C)c(=O)c(C)c-2o/c1=C/CC. The highest BCUT2D eigenvalue weighted by Crippen LogP contribution is 2.23. The predicted octanol–water partition coefficient (Wildman–Crippen LogP) is 2.22. The van der Waals surface area contributed by atoms with E-state index in [2.05, 4.69) is 11.6 Å². The lowest BCUT2D eigenvalue weighted by Crippen LogP contribution is -2.31. The Labute approximate surface area is 118 Å². The summed E-state index contributed by atoms with van der Waals surface area (Å²) in [6.45, 7) is 11.3. The van der Waals surface area contributed by atoms with Gasteiger partial charge in [-0.05, 0) is 44.9 Å². The minimum atomic E-state index is 0.0310. The number of benzene rings is 1. The Balaban J connectivity index is 3.08. The van der Waals surface area contributed by atoms with Gasteiger partial charge >= 0.3 is 0 Å².